The van der Waals surface area contributed by atoms with Gasteiger partial charge in [-0.15, -0.1) is 0 Å². The van der Waals surface area contributed by atoms with Crippen LogP contribution in [0.5, 0.6) is 0 Å². The lowest BCUT2D eigenvalue weighted by Gasteiger charge is -2.36. The van der Waals surface area contributed by atoms with Crippen molar-refractivity contribution in [1.29, 1.82) is 0 Å². The summed E-state index contributed by atoms with van der Waals surface area (Å²) in [5.74, 6) is 0. The molecular weight excluding hydrogens is 332 g/mol. The second-order valence-electron chi connectivity index (χ2n) is 6.02. The van der Waals surface area contributed by atoms with E-state index in [-0.39, 0.29) is 5.41 Å². The molecule has 0 aliphatic heterocycles. The molecular formula is C18H16BrCl. The van der Waals surface area contributed by atoms with Crippen LogP contribution in [0.25, 0.3) is 11.1 Å². The molecule has 2 aromatic rings. The molecule has 2 heteroatoms. The highest BCUT2D eigenvalue weighted by Gasteiger charge is 2.43. The van der Waals surface area contributed by atoms with Crippen molar-refractivity contribution >= 4 is 27.5 Å². The molecule has 0 amide bonds. The molecule has 2 aliphatic carbocycles. The van der Waals surface area contributed by atoms with Gasteiger partial charge in [0.25, 0.3) is 0 Å². The molecule has 0 unspecified atom stereocenters. The molecule has 2 aliphatic rings. The number of hydrogen-bond acceptors (Lipinski definition) is 0. The monoisotopic (exact) mass is 346 g/mol. The Kier molecular flexibility index (Phi) is 2.98. The van der Waals surface area contributed by atoms with Crippen molar-refractivity contribution in [1.82, 2.24) is 0 Å². The lowest BCUT2D eigenvalue weighted by Crippen LogP contribution is -2.28. The Morgan fingerprint density at radius 2 is 1.50 bits per heavy atom. The van der Waals surface area contributed by atoms with Crippen molar-refractivity contribution in [2.45, 2.75) is 37.5 Å². The van der Waals surface area contributed by atoms with Crippen molar-refractivity contribution in [2.24, 2.45) is 0 Å². The summed E-state index contributed by atoms with van der Waals surface area (Å²) in [4.78, 5) is 0. The van der Waals surface area contributed by atoms with Crippen LogP contribution in [0.1, 0.15) is 43.2 Å². The van der Waals surface area contributed by atoms with Crippen LogP contribution in [0.3, 0.4) is 0 Å². The zero-order valence-corrected chi connectivity index (χ0v) is 13.6. The SMILES string of the molecule is Clc1ccc2c(c1)C1(CCCCC1)c1cc(Br)ccc1-2. The van der Waals surface area contributed by atoms with E-state index in [1.54, 1.807) is 0 Å². The smallest absolute Gasteiger partial charge is 0.0409 e. The fourth-order valence-electron chi connectivity index (χ4n) is 4.13. The largest absolute Gasteiger partial charge is 0.0843 e. The second-order valence-corrected chi connectivity index (χ2v) is 7.37. The second kappa shape index (κ2) is 4.61. The molecule has 0 radical (unpaired) electrons. The Morgan fingerprint density at radius 3 is 2.25 bits per heavy atom. The lowest BCUT2D eigenvalue weighted by molar-refractivity contribution is 0.353. The fourth-order valence-corrected chi connectivity index (χ4v) is 4.67. The first kappa shape index (κ1) is 12.9. The van der Waals surface area contributed by atoms with Crippen LogP contribution in [0, 0.1) is 0 Å². The number of fused-ring (bicyclic) bond motifs is 5. The molecule has 0 heterocycles. The molecule has 0 bridgehead atoms. The molecule has 1 saturated carbocycles. The Balaban J connectivity index is 2.03. The van der Waals surface area contributed by atoms with E-state index in [0.717, 1.165) is 5.02 Å². The first-order valence-electron chi connectivity index (χ1n) is 7.31. The van der Waals surface area contributed by atoms with Gasteiger partial charge >= 0.3 is 0 Å². The van der Waals surface area contributed by atoms with Gasteiger partial charge in [-0.1, -0.05) is 58.9 Å². The molecule has 102 valence electrons. The standard InChI is InChI=1S/C18H16BrCl/c19-12-4-6-14-15-7-5-13(20)11-17(15)18(16(14)10-12)8-2-1-3-9-18/h4-7,10-11H,1-3,8-9H2. The first-order valence-corrected chi connectivity index (χ1v) is 8.48. The molecule has 1 spiro atoms. The molecule has 2 aromatic carbocycles. The summed E-state index contributed by atoms with van der Waals surface area (Å²) in [6.45, 7) is 0. The average Bonchev–Trinajstić information content (AvgIpc) is 2.70. The van der Waals surface area contributed by atoms with E-state index in [1.807, 2.05) is 6.07 Å². The van der Waals surface area contributed by atoms with Gasteiger partial charge in [-0.2, -0.15) is 0 Å². The van der Waals surface area contributed by atoms with Crippen molar-refractivity contribution in [3.63, 3.8) is 0 Å². The van der Waals surface area contributed by atoms with E-state index in [2.05, 4.69) is 46.3 Å². The zero-order chi connectivity index (χ0) is 13.7. The van der Waals surface area contributed by atoms with E-state index < -0.39 is 0 Å². The number of halogens is 2. The van der Waals surface area contributed by atoms with Crippen LogP contribution in [0.15, 0.2) is 40.9 Å². The Labute approximate surface area is 133 Å². The summed E-state index contributed by atoms with van der Waals surface area (Å²) in [6.07, 6.45) is 6.50. The van der Waals surface area contributed by atoms with Crippen LogP contribution in [0.4, 0.5) is 0 Å². The normalized spacial score (nSPS) is 18.9. The van der Waals surface area contributed by atoms with Gasteiger partial charge in [0.15, 0.2) is 0 Å². The Bertz CT molecular complexity index is 630. The number of rotatable bonds is 0. The molecule has 0 saturated heterocycles. The fraction of sp³-hybridized carbons (Fsp3) is 0.333. The van der Waals surface area contributed by atoms with Crippen LogP contribution < -0.4 is 0 Å². The van der Waals surface area contributed by atoms with Gasteiger partial charge in [0.05, 0.1) is 0 Å². The first-order chi connectivity index (χ1) is 9.71. The highest BCUT2D eigenvalue weighted by atomic mass is 79.9. The Hall–Kier alpha value is -0.790. The van der Waals surface area contributed by atoms with Crippen molar-refractivity contribution in [2.75, 3.05) is 0 Å². The maximum absolute atomic E-state index is 6.29. The van der Waals surface area contributed by atoms with Crippen molar-refractivity contribution in [3.8, 4) is 11.1 Å². The lowest BCUT2D eigenvalue weighted by atomic mass is 9.68. The Morgan fingerprint density at radius 1 is 0.850 bits per heavy atom. The number of hydrogen-bond donors (Lipinski definition) is 0. The van der Waals surface area contributed by atoms with Gasteiger partial charge in [0.1, 0.15) is 0 Å². The third-order valence-corrected chi connectivity index (χ3v) is 5.72. The molecule has 0 N–H and O–H groups in total. The highest BCUT2D eigenvalue weighted by Crippen LogP contribution is 2.56. The average molecular weight is 348 g/mol. The van der Waals surface area contributed by atoms with Gasteiger partial charge in [0, 0.05) is 14.9 Å². The van der Waals surface area contributed by atoms with Crippen molar-refractivity contribution < 1.29 is 0 Å². The minimum atomic E-state index is 0.206. The summed E-state index contributed by atoms with van der Waals surface area (Å²) in [5.41, 5.74) is 5.96. The van der Waals surface area contributed by atoms with E-state index in [9.17, 15) is 0 Å². The highest BCUT2D eigenvalue weighted by molar-refractivity contribution is 9.10. The van der Waals surface area contributed by atoms with Gasteiger partial charge < -0.3 is 0 Å². The summed E-state index contributed by atoms with van der Waals surface area (Å²) >= 11 is 9.94. The maximum Gasteiger partial charge on any atom is 0.0409 e. The molecule has 0 nitrogen and oxygen atoms in total. The summed E-state index contributed by atoms with van der Waals surface area (Å²) in [7, 11) is 0. The predicted octanol–water partition coefficient (Wildman–Crippen LogP) is 6.33. The summed E-state index contributed by atoms with van der Waals surface area (Å²) < 4.78 is 1.18. The van der Waals surface area contributed by atoms with Crippen LogP contribution in [-0.2, 0) is 5.41 Å². The van der Waals surface area contributed by atoms with E-state index in [1.165, 1.54) is 58.8 Å². The van der Waals surface area contributed by atoms with Crippen LogP contribution in [-0.4, -0.2) is 0 Å². The third kappa shape index (κ3) is 1.72. The molecule has 20 heavy (non-hydrogen) atoms. The summed E-state index contributed by atoms with van der Waals surface area (Å²) in [5, 5.41) is 0.862. The van der Waals surface area contributed by atoms with E-state index >= 15 is 0 Å². The van der Waals surface area contributed by atoms with E-state index in [0.29, 0.717) is 0 Å². The minimum absolute atomic E-state index is 0.206. The molecule has 4 rings (SSSR count). The maximum atomic E-state index is 6.29. The number of benzene rings is 2. The quantitative estimate of drug-likeness (QED) is 0.522. The molecule has 0 aromatic heterocycles. The van der Waals surface area contributed by atoms with Crippen LogP contribution in [0.2, 0.25) is 5.02 Å². The third-order valence-electron chi connectivity index (χ3n) is 4.99. The van der Waals surface area contributed by atoms with Gasteiger partial charge in [-0.05, 0) is 59.4 Å². The summed E-state index contributed by atoms with van der Waals surface area (Å²) in [6, 6.07) is 13.2. The van der Waals surface area contributed by atoms with Gasteiger partial charge in [-0.3, -0.25) is 0 Å². The van der Waals surface area contributed by atoms with Crippen LogP contribution >= 0.6 is 27.5 Å². The molecule has 0 atom stereocenters. The van der Waals surface area contributed by atoms with Gasteiger partial charge in [-0.25, -0.2) is 0 Å². The zero-order valence-electron chi connectivity index (χ0n) is 11.3. The van der Waals surface area contributed by atoms with Gasteiger partial charge in [0.2, 0.25) is 0 Å². The predicted molar refractivity (Wildman–Crippen MR) is 88.5 cm³/mol. The van der Waals surface area contributed by atoms with E-state index in [4.69, 9.17) is 11.6 Å². The molecule has 1 fully saturated rings. The topological polar surface area (TPSA) is 0 Å². The minimum Gasteiger partial charge on any atom is -0.0843 e. The van der Waals surface area contributed by atoms with Crippen molar-refractivity contribution in [3.05, 3.63) is 57.0 Å².